The van der Waals surface area contributed by atoms with Crippen LogP contribution >= 0.6 is 11.6 Å². The summed E-state index contributed by atoms with van der Waals surface area (Å²) in [5, 5.41) is 7.94. The standard InChI is InChI=1S/C11H14ClN5/c1-3-9-8(7-17(2)16-9)4-14-11-6-13-5-10(12)15-11/h5-7H,3-4H2,1-2H3,(H,14,15). The summed E-state index contributed by atoms with van der Waals surface area (Å²) in [4.78, 5) is 8.08. The maximum absolute atomic E-state index is 5.76. The van der Waals surface area contributed by atoms with Gasteiger partial charge >= 0.3 is 0 Å². The summed E-state index contributed by atoms with van der Waals surface area (Å²) < 4.78 is 1.82. The van der Waals surface area contributed by atoms with Gasteiger partial charge in [-0.2, -0.15) is 5.10 Å². The van der Waals surface area contributed by atoms with Crippen LogP contribution in [0.5, 0.6) is 0 Å². The van der Waals surface area contributed by atoms with Crippen LogP contribution < -0.4 is 5.32 Å². The zero-order valence-corrected chi connectivity index (χ0v) is 10.6. The molecule has 0 saturated heterocycles. The van der Waals surface area contributed by atoms with Crippen molar-refractivity contribution >= 4 is 17.4 Å². The molecule has 90 valence electrons. The highest BCUT2D eigenvalue weighted by atomic mass is 35.5. The first-order valence-corrected chi connectivity index (χ1v) is 5.79. The van der Waals surface area contributed by atoms with Crippen molar-refractivity contribution in [3.05, 3.63) is 35.0 Å². The van der Waals surface area contributed by atoms with E-state index in [1.165, 1.54) is 6.20 Å². The summed E-state index contributed by atoms with van der Waals surface area (Å²) in [6.07, 6.45) is 6.07. The highest BCUT2D eigenvalue weighted by Crippen LogP contribution is 2.11. The maximum Gasteiger partial charge on any atom is 0.149 e. The molecule has 0 aliphatic rings. The van der Waals surface area contributed by atoms with Gasteiger partial charge in [-0.05, 0) is 6.42 Å². The van der Waals surface area contributed by atoms with Crippen molar-refractivity contribution in [3.63, 3.8) is 0 Å². The first kappa shape index (κ1) is 11.9. The molecule has 6 heteroatoms. The molecule has 0 amide bonds. The number of hydrogen-bond donors (Lipinski definition) is 1. The summed E-state index contributed by atoms with van der Waals surface area (Å²) in [6.45, 7) is 2.76. The first-order chi connectivity index (χ1) is 8.19. The molecule has 0 radical (unpaired) electrons. The van der Waals surface area contributed by atoms with E-state index in [1.54, 1.807) is 6.20 Å². The fraction of sp³-hybridized carbons (Fsp3) is 0.364. The lowest BCUT2D eigenvalue weighted by molar-refractivity contribution is 0.746. The number of halogens is 1. The highest BCUT2D eigenvalue weighted by molar-refractivity contribution is 6.29. The largest absolute Gasteiger partial charge is 0.365 e. The molecule has 0 spiro atoms. The molecular formula is C11H14ClN5. The van der Waals surface area contributed by atoms with Crippen LogP contribution in [0.2, 0.25) is 5.15 Å². The molecule has 1 N–H and O–H groups in total. The van der Waals surface area contributed by atoms with Gasteiger partial charge in [-0.3, -0.25) is 9.67 Å². The Bertz CT molecular complexity index is 508. The van der Waals surface area contributed by atoms with E-state index in [0.29, 0.717) is 17.5 Å². The molecule has 0 unspecified atom stereocenters. The topological polar surface area (TPSA) is 55.6 Å². The Morgan fingerprint density at radius 3 is 2.94 bits per heavy atom. The second-order valence-corrected chi connectivity index (χ2v) is 4.10. The van der Waals surface area contributed by atoms with E-state index in [2.05, 4.69) is 27.3 Å². The van der Waals surface area contributed by atoms with Gasteiger partial charge in [-0.15, -0.1) is 0 Å². The molecule has 2 aromatic rings. The number of rotatable bonds is 4. The average Bonchev–Trinajstić information content (AvgIpc) is 2.67. The number of hydrogen-bond acceptors (Lipinski definition) is 4. The molecule has 2 aromatic heterocycles. The van der Waals surface area contributed by atoms with Crippen molar-refractivity contribution in [2.75, 3.05) is 5.32 Å². The maximum atomic E-state index is 5.76. The normalized spacial score (nSPS) is 10.5. The van der Waals surface area contributed by atoms with Crippen molar-refractivity contribution in [2.24, 2.45) is 7.05 Å². The number of aromatic nitrogens is 4. The SMILES string of the molecule is CCc1nn(C)cc1CNc1cncc(Cl)n1. The summed E-state index contributed by atoms with van der Waals surface area (Å²) in [5.74, 6) is 0.670. The third-order valence-electron chi connectivity index (χ3n) is 2.39. The van der Waals surface area contributed by atoms with E-state index in [-0.39, 0.29) is 0 Å². The Kier molecular flexibility index (Phi) is 3.58. The minimum Gasteiger partial charge on any atom is -0.365 e. The van der Waals surface area contributed by atoms with Crippen molar-refractivity contribution in [3.8, 4) is 0 Å². The minimum atomic E-state index is 0.386. The van der Waals surface area contributed by atoms with Gasteiger partial charge in [0, 0.05) is 25.4 Å². The third kappa shape index (κ3) is 2.94. The summed E-state index contributed by atoms with van der Waals surface area (Å²) in [5.41, 5.74) is 2.26. The van der Waals surface area contributed by atoms with E-state index in [1.807, 2.05) is 17.9 Å². The van der Waals surface area contributed by atoms with E-state index >= 15 is 0 Å². The molecular weight excluding hydrogens is 238 g/mol. The Hall–Kier alpha value is -1.62. The molecule has 0 fully saturated rings. The van der Waals surface area contributed by atoms with E-state index in [9.17, 15) is 0 Å². The van der Waals surface area contributed by atoms with Gasteiger partial charge in [0.15, 0.2) is 0 Å². The van der Waals surface area contributed by atoms with Crippen LogP contribution in [-0.4, -0.2) is 19.7 Å². The van der Waals surface area contributed by atoms with Gasteiger partial charge < -0.3 is 5.32 Å². The second-order valence-electron chi connectivity index (χ2n) is 3.71. The highest BCUT2D eigenvalue weighted by Gasteiger charge is 2.05. The first-order valence-electron chi connectivity index (χ1n) is 5.42. The second kappa shape index (κ2) is 5.14. The van der Waals surface area contributed by atoms with Gasteiger partial charge in [-0.1, -0.05) is 18.5 Å². The van der Waals surface area contributed by atoms with Crippen molar-refractivity contribution < 1.29 is 0 Å². The van der Waals surface area contributed by atoms with Crippen LogP contribution in [0.1, 0.15) is 18.2 Å². The molecule has 2 heterocycles. The number of nitrogens with zero attached hydrogens (tertiary/aromatic N) is 4. The summed E-state index contributed by atoms with van der Waals surface area (Å²) in [6, 6.07) is 0. The molecule has 17 heavy (non-hydrogen) atoms. The van der Waals surface area contributed by atoms with Crippen LogP contribution in [0.15, 0.2) is 18.6 Å². The molecule has 2 rings (SSSR count). The quantitative estimate of drug-likeness (QED) is 0.904. The molecule has 5 nitrogen and oxygen atoms in total. The van der Waals surface area contributed by atoms with Crippen molar-refractivity contribution in [1.82, 2.24) is 19.7 Å². The summed E-state index contributed by atoms with van der Waals surface area (Å²) in [7, 11) is 1.92. The Balaban J connectivity index is 2.06. The van der Waals surface area contributed by atoms with Crippen LogP contribution in [0.25, 0.3) is 0 Å². The lowest BCUT2D eigenvalue weighted by atomic mass is 10.2. The fourth-order valence-electron chi connectivity index (χ4n) is 1.64. The van der Waals surface area contributed by atoms with Crippen LogP contribution in [0, 0.1) is 0 Å². The van der Waals surface area contributed by atoms with Gasteiger partial charge in [0.05, 0.1) is 18.1 Å². The van der Waals surface area contributed by atoms with E-state index in [0.717, 1.165) is 17.7 Å². The van der Waals surface area contributed by atoms with Gasteiger partial charge in [0.25, 0.3) is 0 Å². The Labute approximate surface area is 105 Å². The summed E-state index contributed by atoms with van der Waals surface area (Å²) >= 11 is 5.76. The minimum absolute atomic E-state index is 0.386. The zero-order valence-electron chi connectivity index (χ0n) is 9.81. The van der Waals surface area contributed by atoms with E-state index in [4.69, 9.17) is 11.6 Å². The number of nitrogens with one attached hydrogen (secondary N) is 1. The molecule has 0 aliphatic carbocycles. The van der Waals surface area contributed by atoms with Crippen LogP contribution in [-0.2, 0) is 20.0 Å². The molecule has 0 aliphatic heterocycles. The molecule has 0 bridgehead atoms. The Morgan fingerprint density at radius 1 is 1.41 bits per heavy atom. The van der Waals surface area contributed by atoms with Crippen molar-refractivity contribution in [1.29, 1.82) is 0 Å². The monoisotopic (exact) mass is 251 g/mol. The lowest BCUT2D eigenvalue weighted by Crippen LogP contribution is -2.03. The Morgan fingerprint density at radius 2 is 2.24 bits per heavy atom. The number of aryl methyl sites for hydroxylation is 2. The number of anilines is 1. The predicted molar refractivity (Wildman–Crippen MR) is 67.0 cm³/mol. The predicted octanol–water partition coefficient (Wildman–Crippen LogP) is 2.04. The zero-order chi connectivity index (χ0) is 12.3. The van der Waals surface area contributed by atoms with E-state index < -0.39 is 0 Å². The molecule has 0 aromatic carbocycles. The van der Waals surface area contributed by atoms with Gasteiger partial charge in [0.2, 0.25) is 0 Å². The molecule has 0 atom stereocenters. The van der Waals surface area contributed by atoms with Crippen molar-refractivity contribution in [2.45, 2.75) is 19.9 Å². The third-order valence-corrected chi connectivity index (χ3v) is 2.57. The fourth-order valence-corrected chi connectivity index (χ4v) is 1.79. The molecule has 0 saturated carbocycles. The lowest BCUT2D eigenvalue weighted by Gasteiger charge is -2.04. The van der Waals surface area contributed by atoms with Crippen LogP contribution in [0.4, 0.5) is 5.82 Å². The smallest absolute Gasteiger partial charge is 0.149 e. The van der Waals surface area contributed by atoms with Gasteiger partial charge in [-0.25, -0.2) is 4.98 Å². The van der Waals surface area contributed by atoms with Crippen LogP contribution in [0.3, 0.4) is 0 Å². The van der Waals surface area contributed by atoms with Gasteiger partial charge in [0.1, 0.15) is 11.0 Å². The average molecular weight is 252 g/mol.